The van der Waals surface area contributed by atoms with E-state index in [0.717, 1.165) is 0 Å². The molecule has 0 aromatic carbocycles. The Balaban J connectivity index is 3.44. The fourth-order valence-electron chi connectivity index (χ4n) is 0.389. The van der Waals surface area contributed by atoms with E-state index in [4.69, 9.17) is 11.5 Å². The Kier molecular flexibility index (Phi) is 3.48. The lowest BCUT2D eigenvalue weighted by Gasteiger charge is -2.12. The zero-order chi connectivity index (χ0) is 6.57. The molecular formula is C6H14N2. The van der Waals surface area contributed by atoms with Gasteiger partial charge in [-0.15, -0.1) is 6.58 Å². The SMILES string of the molecule is C=CC(N)C(C)CN. The van der Waals surface area contributed by atoms with Crippen molar-refractivity contribution in [3.8, 4) is 0 Å². The van der Waals surface area contributed by atoms with E-state index in [1.807, 2.05) is 6.92 Å². The smallest absolute Gasteiger partial charge is 0.0259 e. The van der Waals surface area contributed by atoms with Crippen LogP contribution in [-0.4, -0.2) is 12.6 Å². The molecule has 0 radical (unpaired) electrons. The van der Waals surface area contributed by atoms with Crippen LogP contribution in [0.1, 0.15) is 6.92 Å². The third kappa shape index (κ3) is 2.09. The monoisotopic (exact) mass is 114 g/mol. The van der Waals surface area contributed by atoms with E-state index in [1.54, 1.807) is 6.08 Å². The molecule has 0 amide bonds. The lowest BCUT2D eigenvalue weighted by Crippen LogP contribution is -2.30. The van der Waals surface area contributed by atoms with Crippen LogP contribution in [0.5, 0.6) is 0 Å². The Labute approximate surface area is 50.6 Å². The van der Waals surface area contributed by atoms with E-state index in [0.29, 0.717) is 12.5 Å². The summed E-state index contributed by atoms with van der Waals surface area (Å²) in [6.07, 6.45) is 1.72. The molecule has 2 atom stereocenters. The normalized spacial score (nSPS) is 17.4. The van der Waals surface area contributed by atoms with E-state index >= 15 is 0 Å². The molecule has 2 nitrogen and oxygen atoms in total. The quantitative estimate of drug-likeness (QED) is 0.511. The molecule has 0 spiro atoms. The molecule has 0 heterocycles. The molecule has 8 heavy (non-hydrogen) atoms. The largest absolute Gasteiger partial charge is 0.330 e. The zero-order valence-corrected chi connectivity index (χ0v) is 5.30. The van der Waals surface area contributed by atoms with Crippen LogP contribution in [0.2, 0.25) is 0 Å². The van der Waals surface area contributed by atoms with Gasteiger partial charge in [0.2, 0.25) is 0 Å². The summed E-state index contributed by atoms with van der Waals surface area (Å²) in [6.45, 7) is 6.19. The molecule has 0 aliphatic carbocycles. The van der Waals surface area contributed by atoms with E-state index in [2.05, 4.69) is 6.58 Å². The predicted molar refractivity (Wildman–Crippen MR) is 36.4 cm³/mol. The Morgan fingerprint density at radius 2 is 2.25 bits per heavy atom. The average Bonchev–Trinajstić information content (AvgIpc) is 1.84. The Hall–Kier alpha value is -0.340. The highest BCUT2D eigenvalue weighted by atomic mass is 14.7. The highest BCUT2D eigenvalue weighted by Gasteiger charge is 2.04. The van der Waals surface area contributed by atoms with Crippen LogP contribution in [-0.2, 0) is 0 Å². The van der Waals surface area contributed by atoms with Crippen LogP contribution in [0.25, 0.3) is 0 Å². The van der Waals surface area contributed by atoms with Gasteiger partial charge in [-0.25, -0.2) is 0 Å². The summed E-state index contributed by atoms with van der Waals surface area (Å²) in [5, 5.41) is 0. The van der Waals surface area contributed by atoms with Crippen LogP contribution in [0.15, 0.2) is 12.7 Å². The van der Waals surface area contributed by atoms with Gasteiger partial charge in [0, 0.05) is 6.04 Å². The van der Waals surface area contributed by atoms with Gasteiger partial charge in [-0.1, -0.05) is 13.0 Å². The molecule has 0 aliphatic rings. The predicted octanol–water partition coefficient (Wildman–Crippen LogP) is 0.0945. The minimum Gasteiger partial charge on any atom is -0.330 e. The molecule has 0 aromatic heterocycles. The summed E-state index contributed by atoms with van der Waals surface area (Å²) in [7, 11) is 0. The molecule has 4 N–H and O–H groups in total. The lowest BCUT2D eigenvalue weighted by atomic mass is 10.0. The van der Waals surface area contributed by atoms with Crippen LogP contribution in [0, 0.1) is 5.92 Å². The first-order valence-corrected chi connectivity index (χ1v) is 2.80. The minimum absolute atomic E-state index is 0.0556. The van der Waals surface area contributed by atoms with Crippen molar-refractivity contribution in [2.75, 3.05) is 6.54 Å². The molecule has 0 saturated heterocycles. The first-order valence-electron chi connectivity index (χ1n) is 2.80. The summed E-state index contributed by atoms with van der Waals surface area (Å²) in [6, 6.07) is 0.0556. The standard InChI is InChI=1S/C6H14N2/c1-3-6(8)5(2)4-7/h3,5-6H,1,4,7-8H2,2H3. The highest BCUT2D eigenvalue weighted by molar-refractivity contribution is 4.86. The van der Waals surface area contributed by atoms with Crippen molar-refractivity contribution in [1.82, 2.24) is 0 Å². The molecule has 0 fully saturated rings. The fourth-order valence-corrected chi connectivity index (χ4v) is 0.389. The summed E-state index contributed by atoms with van der Waals surface area (Å²) < 4.78 is 0. The van der Waals surface area contributed by atoms with Gasteiger partial charge >= 0.3 is 0 Å². The van der Waals surface area contributed by atoms with Gasteiger partial charge in [0.1, 0.15) is 0 Å². The third-order valence-electron chi connectivity index (χ3n) is 1.30. The van der Waals surface area contributed by atoms with E-state index in [-0.39, 0.29) is 6.04 Å². The van der Waals surface area contributed by atoms with E-state index in [1.165, 1.54) is 0 Å². The van der Waals surface area contributed by atoms with Gasteiger partial charge in [0.15, 0.2) is 0 Å². The second-order valence-electron chi connectivity index (χ2n) is 2.03. The molecule has 48 valence electrons. The van der Waals surface area contributed by atoms with Gasteiger partial charge in [-0.3, -0.25) is 0 Å². The van der Waals surface area contributed by atoms with E-state index < -0.39 is 0 Å². The molecule has 0 bridgehead atoms. The number of nitrogens with two attached hydrogens (primary N) is 2. The van der Waals surface area contributed by atoms with Crippen molar-refractivity contribution in [1.29, 1.82) is 0 Å². The maximum absolute atomic E-state index is 5.53. The van der Waals surface area contributed by atoms with Crippen molar-refractivity contribution in [2.24, 2.45) is 17.4 Å². The molecular weight excluding hydrogens is 100 g/mol. The van der Waals surface area contributed by atoms with Gasteiger partial charge in [-0.2, -0.15) is 0 Å². The lowest BCUT2D eigenvalue weighted by molar-refractivity contribution is 0.531. The summed E-state index contributed by atoms with van der Waals surface area (Å²) >= 11 is 0. The maximum atomic E-state index is 5.53. The molecule has 0 aromatic rings. The van der Waals surface area contributed by atoms with Crippen LogP contribution >= 0.6 is 0 Å². The average molecular weight is 114 g/mol. The Bertz CT molecular complexity index is 70.9. The number of hydrogen-bond acceptors (Lipinski definition) is 2. The first kappa shape index (κ1) is 7.66. The molecule has 0 rings (SSSR count). The first-order chi connectivity index (χ1) is 3.72. The Morgan fingerprint density at radius 1 is 1.75 bits per heavy atom. The second kappa shape index (κ2) is 3.64. The molecule has 0 aliphatic heterocycles. The van der Waals surface area contributed by atoms with Gasteiger partial charge in [0.05, 0.1) is 0 Å². The van der Waals surface area contributed by atoms with Crippen LogP contribution in [0.4, 0.5) is 0 Å². The minimum atomic E-state index is 0.0556. The maximum Gasteiger partial charge on any atom is 0.0259 e. The van der Waals surface area contributed by atoms with Crippen molar-refractivity contribution >= 4 is 0 Å². The van der Waals surface area contributed by atoms with Gasteiger partial charge in [0.25, 0.3) is 0 Å². The molecule has 2 unspecified atom stereocenters. The fraction of sp³-hybridized carbons (Fsp3) is 0.667. The third-order valence-corrected chi connectivity index (χ3v) is 1.30. The number of rotatable bonds is 3. The topological polar surface area (TPSA) is 52.0 Å². The summed E-state index contributed by atoms with van der Waals surface area (Å²) in [5.41, 5.74) is 10.8. The van der Waals surface area contributed by atoms with E-state index in [9.17, 15) is 0 Å². The second-order valence-corrected chi connectivity index (χ2v) is 2.03. The Morgan fingerprint density at radius 3 is 2.38 bits per heavy atom. The molecule has 0 saturated carbocycles. The van der Waals surface area contributed by atoms with Crippen LogP contribution < -0.4 is 11.5 Å². The van der Waals surface area contributed by atoms with Gasteiger partial charge < -0.3 is 11.5 Å². The van der Waals surface area contributed by atoms with Crippen molar-refractivity contribution in [3.63, 3.8) is 0 Å². The molecule has 2 heteroatoms. The van der Waals surface area contributed by atoms with Gasteiger partial charge in [-0.05, 0) is 12.5 Å². The summed E-state index contributed by atoms with van der Waals surface area (Å²) in [4.78, 5) is 0. The summed E-state index contributed by atoms with van der Waals surface area (Å²) in [5.74, 6) is 0.354. The van der Waals surface area contributed by atoms with Crippen molar-refractivity contribution in [2.45, 2.75) is 13.0 Å². The van der Waals surface area contributed by atoms with Crippen LogP contribution in [0.3, 0.4) is 0 Å². The highest BCUT2D eigenvalue weighted by Crippen LogP contribution is 1.96. The zero-order valence-electron chi connectivity index (χ0n) is 5.30. The number of hydrogen-bond donors (Lipinski definition) is 2. The van der Waals surface area contributed by atoms with Crippen molar-refractivity contribution in [3.05, 3.63) is 12.7 Å². The van der Waals surface area contributed by atoms with Crippen molar-refractivity contribution < 1.29 is 0 Å².